The first-order valence-corrected chi connectivity index (χ1v) is 9.01. The summed E-state index contributed by atoms with van der Waals surface area (Å²) in [6.45, 7) is 0. The fourth-order valence-electron chi connectivity index (χ4n) is 5.11. The molecule has 6 rings (SSSR count). The molecule has 0 saturated carbocycles. The van der Waals surface area contributed by atoms with Gasteiger partial charge in [-0.2, -0.15) is 0 Å². The van der Waals surface area contributed by atoms with Gasteiger partial charge in [-0.3, -0.25) is 0 Å². The molecule has 0 atom stereocenters. The molecule has 1 heteroatoms. The quantitative estimate of drug-likeness (QED) is 0.351. The molecule has 0 unspecified atom stereocenters. The van der Waals surface area contributed by atoms with Crippen LogP contribution >= 0.6 is 0 Å². The minimum Gasteiger partial charge on any atom is -0.0963 e. The zero-order valence-corrected chi connectivity index (χ0v) is 14.2. The molecule has 0 amide bonds. The molecule has 4 aromatic rings. The number of hydrogen-bond donors (Lipinski definition) is 0. The normalized spacial score (nSPS) is 14.6. The smallest absolute Gasteiger partial charge is 0.0963 e. The van der Waals surface area contributed by atoms with Gasteiger partial charge in [0.2, 0.25) is 0 Å². The Morgan fingerprint density at radius 3 is 1.38 bits per heavy atom. The van der Waals surface area contributed by atoms with Gasteiger partial charge in [0.25, 0.3) is 0 Å². The maximum absolute atomic E-state index is 6.26. The first-order chi connectivity index (χ1) is 12.8. The minimum atomic E-state index is -0.269. The Hall–Kier alpha value is -3.06. The van der Waals surface area contributed by atoms with Crippen molar-refractivity contribution < 1.29 is 0 Å². The van der Waals surface area contributed by atoms with Gasteiger partial charge < -0.3 is 0 Å². The van der Waals surface area contributed by atoms with Gasteiger partial charge in [0.1, 0.15) is 7.85 Å². The summed E-state index contributed by atoms with van der Waals surface area (Å²) < 4.78 is 0. The van der Waals surface area contributed by atoms with Crippen LogP contribution < -0.4 is 5.46 Å². The maximum atomic E-state index is 6.26. The van der Waals surface area contributed by atoms with Crippen molar-refractivity contribution in [3.8, 4) is 22.3 Å². The second kappa shape index (κ2) is 4.77. The van der Waals surface area contributed by atoms with E-state index >= 15 is 0 Å². The minimum absolute atomic E-state index is 0.269. The van der Waals surface area contributed by atoms with E-state index in [9.17, 15) is 0 Å². The highest BCUT2D eigenvalue weighted by Gasteiger charge is 2.51. The average Bonchev–Trinajstić information content (AvgIpc) is 3.15. The van der Waals surface area contributed by atoms with Crippen LogP contribution in [0.15, 0.2) is 91.0 Å². The van der Waals surface area contributed by atoms with Crippen LogP contribution in [-0.4, -0.2) is 7.85 Å². The number of fused-ring (bicyclic) bond motifs is 10. The highest BCUT2D eigenvalue weighted by Crippen LogP contribution is 2.62. The summed E-state index contributed by atoms with van der Waals surface area (Å²) in [6.07, 6.45) is 0. The lowest BCUT2D eigenvalue weighted by Gasteiger charge is -2.30. The van der Waals surface area contributed by atoms with E-state index in [0.29, 0.717) is 0 Å². The molecule has 0 saturated heterocycles. The third-order valence-corrected chi connectivity index (χ3v) is 6.02. The Morgan fingerprint density at radius 1 is 0.462 bits per heavy atom. The van der Waals surface area contributed by atoms with Crippen molar-refractivity contribution in [2.75, 3.05) is 0 Å². The Bertz CT molecular complexity index is 1140. The van der Waals surface area contributed by atoms with Crippen molar-refractivity contribution in [2.24, 2.45) is 0 Å². The van der Waals surface area contributed by atoms with Crippen molar-refractivity contribution in [3.63, 3.8) is 0 Å². The molecule has 0 aromatic heterocycles. The van der Waals surface area contributed by atoms with E-state index in [-0.39, 0.29) is 5.41 Å². The van der Waals surface area contributed by atoms with Gasteiger partial charge in [0.05, 0.1) is 5.41 Å². The molecule has 2 aliphatic rings. The van der Waals surface area contributed by atoms with Gasteiger partial charge in [-0.15, -0.1) is 0 Å². The highest BCUT2D eigenvalue weighted by molar-refractivity contribution is 6.32. The molecule has 1 spiro atoms. The summed E-state index contributed by atoms with van der Waals surface area (Å²) in [5.41, 5.74) is 11.2. The van der Waals surface area contributed by atoms with E-state index in [1.165, 1.54) is 44.5 Å². The highest BCUT2D eigenvalue weighted by atomic mass is 14.5. The average molecular weight is 326 g/mol. The van der Waals surface area contributed by atoms with E-state index in [1.54, 1.807) is 0 Å². The van der Waals surface area contributed by atoms with Crippen molar-refractivity contribution in [1.29, 1.82) is 0 Å². The molecule has 0 bridgehead atoms. The van der Waals surface area contributed by atoms with Crippen molar-refractivity contribution in [3.05, 3.63) is 113 Å². The molecule has 0 nitrogen and oxygen atoms in total. The van der Waals surface area contributed by atoms with Crippen LogP contribution in [0, 0.1) is 0 Å². The number of benzene rings is 4. The summed E-state index contributed by atoms with van der Waals surface area (Å²) in [7, 11) is 6.26. The largest absolute Gasteiger partial charge is 0.113 e. The SMILES string of the molecule is [B]c1ccc2c(c1)C1(c3ccccc3-c3ccccc31)c1ccccc1-2. The number of hydrogen-bond acceptors (Lipinski definition) is 0. The third-order valence-electron chi connectivity index (χ3n) is 6.02. The Labute approximate surface area is 154 Å². The fourth-order valence-corrected chi connectivity index (χ4v) is 5.11. The molecule has 0 aliphatic heterocycles. The van der Waals surface area contributed by atoms with Crippen LogP contribution in [0.25, 0.3) is 22.3 Å². The van der Waals surface area contributed by atoms with Crippen molar-refractivity contribution >= 4 is 13.3 Å². The third kappa shape index (κ3) is 1.48. The predicted octanol–water partition coefficient (Wildman–Crippen LogP) is 4.82. The summed E-state index contributed by atoms with van der Waals surface area (Å²) in [4.78, 5) is 0. The lowest BCUT2D eigenvalue weighted by atomic mass is 9.70. The van der Waals surface area contributed by atoms with Gasteiger partial charge in [0, 0.05) is 0 Å². The topological polar surface area (TPSA) is 0 Å². The Balaban J connectivity index is 1.88. The van der Waals surface area contributed by atoms with Gasteiger partial charge in [-0.05, 0) is 44.5 Å². The van der Waals surface area contributed by atoms with Gasteiger partial charge >= 0.3 is 0 Å². The molecule has 26 heavy (non-hydrogen) atoms. The van der Waals surface area contributed by atoms with Crippen molar-refractivity contribution in [2.45, 2.75) is 5.41 Å². The fraction of sp³-hybridized carbons (Fsp3) is 0.0400. The molecule has 4 aromatic carbocycles. The van der Waals surface area contributed by atoms with Crippen LogP contribution in [0.4, 0.5) is 0 Å². The second-order valence-corrected chi connectivity index (χ2v) is 7.19. The Kier molecular flexibility index (Phi) is 2.59. The molecule has 0 heterocycles. The van der Waals surface area contributed by atoms with Crippen LogP contribution in [0.3, 0.4) is 0 Å². The number of rotatable bonds is 0. The van der Waals surface area contributed by atoms with Crippen LogP contribution in [-0.2, 0) is 5.41 Å². The van der Waals surface area contributed by atoms with Crippen LogP contribution in [0.5, 0.6) is 0 Å². The van der Waals surface area contributed by atoms with Gasteiger partial charge in [-0.1, -0.05) is 96.5 Å². The summed E-state index contributed by atoms with van der Waals surface area (Å²) >= 11 is 0. The van der Waals surface area contributed by atoms with E-state index in [2.05, 4.69) is 84.9 Å². The van der Waals surface area contributed by atoms with E-state index in [1.807, 2.05) is 6.07 Å². The predicted molar refractivity (Wildman–Crippen MR) is 108 cm³/mol. The van der Waals surface area contributed by atoms with Gasteiger partial charge in [0.15, 0.2) is 0 Å². The van der Waals surface area contributed by atoms with Crippen LogP contribution in [0.2, 0.25) is 0 Å². The monoisotopic (exact) mass is 326 g/mol. The summed E-state index contributed by atoms with van der Waals surface area (Å²) in [6, 6.07) is 32.8. The van der Waals surface area contributed by atoms with E-state index in [0.717, 1.165) is 5.46 Å². The molecule has 2 aliphatic carbocycles. The van der Waals surface area contributed by atoms with Crippen LogP contribution in [0.1, 0.15) is 22.3 Å². The zero-order valence-electron chi connectivity index (χ0n) is 14.2. The molecular formula is C25H15B. The first kappa shape index (κ1) is 14.1. The van der Waals surface area contributed by atoms with E-state index < -0.39 is 0 Å². The van der Waals surface area contributed by atoms with Crippen molar-refractivity contribution in [1.82, 2.24) is 0 Å². The molecule has 0 fully saturated rings. The molecular weight excluding hydrogens is 311 g/mol. The summed E-state index contributed by atoms with van der Waals surface area (Å²) in [5, 5.41) is 0. The van der Waals surface area contributed by atoms with Gasteiger partial charge in [-0.25, -0.2) is 0 Å². The standard InChI is InChI=1S/C25H15B/c26-16-13-14-20-19-9-3-6-12-23(19)25(24(20)15-16)21-10-4-1-7-17(21)18-8-2-5-11-22(18)25/h1-15H. The molecule has 2 radical (unpaired) electrons. The summed E-state index contributed by atoms with van der Waals surface area (Å²) in [5.74, 6) is 0. The molecule has 0 N–H and O–H groups in total. The maximum Gasteiger partial charge on any atom is 0.113 e. The molecule has 118 valence electrons. The van der Waals surface area contributed by atoms with E-state index in [4.69, 9.17) is 7.85 Å². The Morgan fingerprint density at radius 2 is 0.885 bits per heavy atom. The second-order valence-electron chi connectivity index (χ2n) is 7.19. The lowest BCUT2D eigenvalue weighted by Crippen LogP contribution is -2.26. The zero-order chi connectivity index (χ0) is 17.3. The first-order valence-electron chi connectivity index (χ1n) is 9.01. The lowest BCUT2D eigenvalue weighted by molar-refractivity contribution is 0.794.